The van der Waals surface area contributed by atoms with Gasteiger partial charge in [-0.2, -0.15) is 0 Å². The molecule has 44 heavy (non-hydrogen) atoms. The lowest BCUT2D eigenvalue weighted by Gasteiger charge is -2.25. The molecular weight excluding hydrogens is 544 g/mol. The summed E-state index contributed by atoms with van der Waals surface area (Å²) in [7, 11) is 0. The SMILES string of the molecule is c1cnc2cc3oc4cc(N(c5ccc6c(c5)oc5ccccc56)c5ccc6oc7ccccc7c6c5)ccc4c3cc2c1. The summed E-state index contributed by atoms with van der Waals surface area (Å²) in [4.78, 5) is 6.77. The van der Waals surface area contributed by atoms with Gasteiger partial charge >= 0.3 is 0 Å². The van der Waals surface area contributed by atoms with Crippen molar-refractivity contribution in [3.05, 3.63) is 134 Å². The van der Waals surface area contributed by atoms with Gasteiger partial charge in [0, 0.05) is 79.2 Å². The number of hydrogen-bond acceptors (Lipinski definition) is 5. The van der Waals surface area contributed by atoms with E-state index in [-0.39, 0.29) is 0 Å². The first-order valence-electron chi connectivity index (χ1n) is 14.6. The first-order chi connectivity index (χ1) is 21.8. The quantitative estimate of drug-likeness (QED) is 0.213. The van der Waals surface area contributed by atoms with Crippen molar-refractivity contribution < 1.29 is 13.3 Å². The van der Waals surface area contributed by atoms with E-state index in [1.165, 1.54) is 0 Å². The molecule has 0 radical (unpaired) electrons. The Hall–Kier alpha value is -6.07. The smallest absolute Gasteiger partial charge is 0.137 e. The minimum Gasteiger partial charge on any atom is -0.456 e. The minimum absolute atomic E-state index is 0.817. The zero-order valence-electron chi connectivity index (χ0n) is 23.3. The third-order valence-electron chi connectivity index (χ3n) is 8.68. The van der Waals surface area contributed by atoms with Crippen molar-refractivity contribution in [2.45, 2.75) is 0 Å². The molecule has 0 amide bonds. The van der Waals surface area contributed by atoms with E-state index in [2.05, 4.69) is 88.7 Å². The van der Waals surface area contributed by atoms with Gasteiger partial charge in [0.25, 0.3) is 0 Å². The third kappa shape index (κ3) is 3.38. The molecule has 0 aliphatic heterocycles. The first kappa shape index (κ1) is 23.5. The monoisotopic (exact) mass is 566 g/mol. The van der Waals surface area contributed by atoms with Gasteiger partial charge in [0.05, 0.1) is 5.52 Å². The summed E-state index contributed by atoms with van der Waals surface area (Å²) in [5.41, 5.74) is 8.97. The maximum atomic E-state index is 6.45. The summed E-state index contributed by atoms with van der Waals surface area (Å²) in [6.45, 7) is 0. The molecule has 0 unspecified atom stereocenters. The van der Waals surface area contributed by atoms with E-state index in [9.17, 15) is 0 Å². The fourth-order valence-corrected chi connectivity index (χ4v) is 6.63. The molecule has 5 heteroatoms. The highest BCUT2D eigenvalue weighted by atomic mass is 16.3. The average molecular weight is 567 g/mol. The average Bonchev–Trinajstić information content (AvgIpc) is 3.74. The van der Waals surface area contributed by atoms with Crippen LogP contribution >= 0.6 is 0 Å². The maximum Gasteiger partial charge on any atom is 0.137 e. The number of furan rings is 3. The lowest BCUT2D eigenvalue weighted by molar-refractivity contribution is 0.668. The van der Waals surface area contributed by atoms with E-state index in [0.29, 0.717) is 0 Å². The van der Waals surface area contributed by atoms with E-state index in [1.807, 2.05) is 54.7 Å². The van der Waals surface area contributed by atoms with Crippen LogP contribution in [0.4, 0.5) is 17.1 Å². The van der Waals surface area contributed by atoms with Gasteiger partial charge in [-0.3, -0.25) is 4.98 Å². The highest BCUT2D eigenvalue weighted by molar-refractivity contribution is 6.11. The molecule has 0 N–H and O–H groups in total. The highest BCUT2D eigenvalue weighted by Crippen LogP contribution is 2.42. The van der Waals surface area contributed by atoms with Gasteiger partial charge in [-0.1, -0.05) is 42.5 Å². The third-order valence-corrected chi connectivity index (χ3v) is 8.68. The molecule has 10 rings (SSSR count). The molecule has 4 aromatic heterocycles. The molecular formula is C39H22N2O3. The predicted molar refractivity (Wildman–Crippen MR) is 178 cm³/mol. The summed E-state index contributed by atoms with van der Waals surface area (Å²) in [6.07, 6.45) is 1.81. The van der Waals surface area contributed by atoms with Crippen LogP contribution in [0.5, 0.6) is 0 Å². The summed E-state index contributed by atoms with van der Waals surface area (Å²) in [5, 5.41) is 7.59. The standard InChI is InChI=1S/C39H22N2O3/c1-3-9-34-27(7-1)29-14-11-25(20-37(29)43-34)41(24-13-16-36-32(19-24)28-8-2-4-10-35(28)42-36)26-12-15-30-31-18-23-6-5-17-40-33(23)22-39(31)44-38(30)21-26/h1-22H. The van der Waals surface area contributed by atoms with Gasteiger partial charge < -0.3 is 18.2 Å². The van der Waals surface area contributed by atoms with Crippen molar-refractivity contribution in [2.24, 2.45) is 0 Å². The van der Waals surface area contributed by atoms with Gasteiger partial charge in [0.1, 0.15) is 33.5 Å². The number of hydrogen-bond donors (Lipinski definition) is 0. The number of aromatic nitrogens is 1. The maximum absolute atomic E-state index is 6.45. The summed E-state index contributed by atoms with van der Waals surface area (Å²) < 4.78 is 18.9. The topological polar surface area (TPSA) is 55.6 Å². The van der Waals surface area contributed by atoms with Crippen molar-refractivity contribution in [3.63, 3.8) is 0 Å². The fraction of sp³-hybridized carbons (Fsp3) is 0. The Morgan fingerprint density at radius 2 is 0.909 bits per heavy atom. The Labute approximate surface area is 250 Å². The number of anilines is 3. The van der Waals surface area contributed by atoms with Crippen LogP contribution in [-0.4, -0.2) is 4.98 Å². The lowest BCUT2D eigenvalue weighted by Crippen LogP contribution is -2.09. The molecule has 0 aliphatic rings. The second-order valence-corrected chi connectivity index (χ2v) is 11.2. The van der Waals surface area contributed by atoms with Gasteiger partial charge in [-0.15, -0.1) is 0 Å². The van der Waals surface area contributed by atoms with Crippen LogP contribution in [0.1, 0.15) is 0 Å². The molecule has 0 saturated carbocycles. The molecule has 10 aromatic rings. The molecule has 4 heterocycles. The predicted octanol–water partition coefficient (Wildman–Crippen LogP) is 11.4. The number of rotatable bonds is 3. The molecule has 0 bridgehead atoms. The van der Waals surface area contributed by atoms with E-state index < -0.39 is 0 Å². The fourth-order valence-electron chi connectivity index (χ4n) is 6.63. The number of para-hydroxylation sites is 2. The van der Waals surface area contributed by atoms with Crippen LogP contribution in [0.25, 0.3) is 76.7 Å². The number of pyridine rings is 1. The van der Waals surface area contributed by atoms with Crippen LogP contribution in [0.3, 0.4) is 0 Å². The summed E-state index contributed by atoms with van der Waals surface area (Å²) in [6, 6.07) is 43.8. The van der Waals surface area contributed by atoms with Gasteiger partial charge in [-0.25, -0.2) is 0 Å². The molecule has 0 atom stereocenters. The van der Waals surface area contributed by atoms with Crippen molar-refractivity contribution in [1.82, 2.24) is 4.98 Å². The van der Waals surface area contributed by atoms with Crippen LogP contribution in [0.15, 0.2) is 147 Å². The summed E-state index contributed by atoms with van der Waals surface area (Å²) in [5.74, 6) is 0. The van der Waals surface area contributed by atoms with E-state index in [0.717, 1.165) is 93.8 Å². The molecule has 6 aromatic carbocycles. The zero-order valence-corrected chi connectivity index (χ0v) is 23.3. The highest BCUT2D eigenvalue weighted by Gasteiger charge is 2.19. The molecule has 0 aliphatic carbocycles. The van der Waals surface area contributed by atoms with Crippen molar-refractivity contribution in [3.8, 4) is 0 Å². The number of benzene rings is 6. The molecule has 206 valence electrons. The largest absolute Gasteiger partial charge is 0.456 e. The minimum atomic E-state index is 0.817. The Morgan fingerprint density at radius 3 is 1.68 bits per heavy atom. The second kappa shape index (κ2) is 8.72. The van der Waals surface area contributed by atoms with Crippen molar-refractivity contribution >= 4 is 93.8 Å². The van der Waals surface area contributed by atoms with E-state index in [4.69, 9.17) is 13.3 Å². The Morgan fingerprint density at radius 1 is 0.386 bits per heavy atom. The second-order valence-electron chi connectivity index (χ2n) is 11.2. The van der Waals surface area contributed by atoms with E-state index in [1.54, 1.807) is 0 Å². The molecule has 5 nitrogen and oxygen atoms in total. The van der Waals surface area contributed by atoms with Gasteiger partial charge in [0.15, 0.2) is 0 Å². The first-order valence-corrected chi connectivity index (χ1v) is 14.6. The Bertz CT molecular complexity index is 2750. The number of fused-ring (bicyclic) bond motifs is 10. The van der Waals surface area contributed by atoms with Gasteiger partial charge in [0.2, 0.25) is 0 Å². The van der Waals surface area contributed by atoms with Crippen LogP contribution in [-0.2, 0) is 0 Å². The Balaban J connectivity index is 1.21. The summed E-state index contributed by atoms with van der Waals surface area (Å²) >= 11 is 0. The molecule has 0 saturated heterocycles. The lowest BCUT2D eigenvalue weighted by atomic mass is 10.1. The molecule has 0 fully saturated rings. The zero-order chi connectivity index (χ0) is 28.8. The van der Waals surface area contributed by atoms with Crippen LogP contribution in [0, 0.1) is 0 Å². The van der Waals surface area contributed by atoms with Crippen molar-refractivity contribution in [1.29, 1.82) is 0 Å². The van der Waals surface area contributed by atoms with Crippen molar-refractivity contribution in [2.75, 3.05) is 4.90 Å². The van der Waals surface area contributed by atoms with Crippen LogP contribution < -0.4 is 4.90 Å². The Kier molecular flexibility index (Phi) is 4.66. The number of nitrogens with zero attached hydrogens (tertiary/aromatic N) is 2. The molecule has 0 spiro atoms. The normalized spacial score (nSPS) is 12.1. The van der Waals surface area contributed by atoms with E-state index >= 15 is 0 Å². The van der Waals surface area contributed by atoms with Crippen LogP contribution in [0.2, 0.25) is 0 Å². The van der Waals surface area contributed by atoms with Gasteiger partial charge in [-0.05, 0) is 66.7 Å².